The highest BCUT2D eigenvalue weighted by atomic mass is 16.3. The van der Waals surface area contributed by atoms with E-state index in [1.165, 1.54) is 57.9 Å². The molecular weight excluding hydrogens is 210 g/mol. The second-order valence-electron chi connectivity index (χ2n) is 6.61. The molecule has 0 aromatic carbocycles. The zero-order valence-electron chi connectivity index (χ0n) is 11.0. The molecule has 3 aliphatic rings. The zero-order valence-corrected chi connectivity index (χ0v) is 11.0. The summed E-state index contributed by atoms with van der Waals surface area (Å²) in [6, 6.07) is 0.498. The largest absolute Gasteiger partial charge is 0.388 e. The lowest BCUT2D eigenvalue weighted by atomic mass is 9.76. The average molecular weight is 237 g/mol. The molecule has 1 aliphatic carbocycles. The van der Waals surface area contributed by atoms with Crippen molar-refractivity contribution in [3.05, 3.63) is 0 Å². The number of hydrogen-bond acceptors (Lipinski definition) is 2. The maximum atomic E-state index is 11.0. The minimum atomic E-state index is -0.331. The number of rotatable bonds is 2. The van der Waals surface area contributed by atoms with Gasteiger partial charge in [-0.15, -0.1) is 0 Å². The molecule has 2 nitrogen and oxygen atoms in total. The Bertz CT molecular complexity index is 262. The highest BCUT2D eigenvalue weighted by Gasteiger charge is 2.47. The summed E-state index contributed by atoms with van der Waals surface area (Å²) in [5.74, 6) is 0.815. The van der Waals surface area contributed by atoms with Crippen molar-refractivity contribution < 1.29 is 5.11 Å². The first kappa shape index (κ1) is 12.0. The second kappa shape index (κ2) is 4.89. The topological polar surface area (TPSA) is 23.5 Å². The van der Waals surface area contributed by atoms with Crippen molar-refractivity contribution in [3.8, 4) is 0 Å². The summed E-state index contributed by atoms with van der Waals surface area (Å²) < 4.78 is 0. The Morgan fingerprint density at radius 2 is 1.71 bits per heavy atom. The van der Waals surface area contributed by atoms with E-state index >= 15 is 0 Å². The average Bonchev–Trinajstić information content (AvgIpc) is 2.69. The quantitative estimate of drug-likeness (QED) is 0.798. The van der Waals surface area contributed by atoms with Crippen LogP contribution in [-0.2, 0) is 0 Å². The summed E-state index contributed by atoms with van der Waals surface area (Å²) in [6.07, 6.45) is 13.0. The molecule has 1 N–H and O–H groups in total. The lowest BCUT2D eigenvalue weighted by Gasteiger charge is -2.39. The van der Waals surface area contributed by atoms with Gasteiger partial charge in [-0.05, 0) is 38.1 Å². The van der Waals surface area contributed by atoms with E-state index in [1.54, 1.807) is 0 Å². The van der Waals surface area contributed by atoms with Crippen LogP contribution in [0.1, 0.15) is 64.2 Å². The molecule has 2 saturated heterocycles. The second-order valence-corrected chi connectivity index (χ2v) is 6.61. The van der Waals surface area contributed by atoms with Crippen molar-refractivity contribution in [2.75, 3.05) is 13.1 Å². The van der Waals surface area contributed by atoms with Crippen LogP contribution in [0.2, 0.25) is 0 Å². The van der Waals surface area contributed by atoms with Gasteiger partial charge in [0.1, 0.15) is 0 Å². The third-order valence-electron chi connectivity index (χ3n) is 5.43. The molecule has 3 fully saturated rings. The van der Waals surface area contributed by atoms with Crippen molar-refractivity contribution >= 4 is 0 Å². The number of fused-ring (bicyclic) bond motifs is 1. The lowest BCUT2D eigenvalue weighted by Crippen LogP contribution is -2.48. The Hall–Kier alpha value is -0.0800. The van der Waals surface area contributed by atoms with E-state index in [-0.39, 0.29) is 5.60 Å². The first-order chi connectivity index (χ1) is 8.28. The van der Waals surface area contributed by atoms with E-state index in [9.17, 15) is 5.11 Å². The molecule has 17 heavy (non-hydrogen) atoms. The van der Waals surface area contributed by atoms with Crippen LogP contribution in [0.25, 0.3) is 0 Å². The van der Waals surface area contributed by atoms with Crippen LogP contribution in [0, 0.1) is 5.92 Å². The summed E-state index contributed by atoms with van der Waals surface area (Å²) in [5, 5.41) is 11.0. The SMILES string of the molecule is OC1(CC2CCCCC2)CCN2CCCCC21. The van der Waals surface area contributed by atoms with Gasteiger partial charge in [-0.2, -0.15) is 0 Å². The summed E-state index contributed by atoms with van der Waals surface area (Å²) in [5.41, 5.74) is -0.331. The summed E-state index contributed by atoms with van der Waals surface area (Å²) in [7, 11) is 0. The summed E-state index contributed by atoms with van der Waals surface area (Å²) in [6.45, 7) is 2.38. The van der Waals surface area contributed by atoms with Gasteiger partial charge in [0, 0.05) is 12.6 Å². The molecule has 0 amide bonds. The molecule has 2 atom stereocenters. The Morgan fingerprint density at radius 3 is 2.53 bits per heavy atom. The van der Waals surface area contributed by atoms with Gasteiger partial charge < -0.3 is 5.11 Å². The van der Waals surface area contributed by atoms with E-state index in [0.29, 0.717) is 6.04 Å². The monoisotopic (exact) mass is 237 g/mol. The van der Waals surface area contributed by atoms with Crippen molar-refractivity contribution in [2.24, 2.45) is 5.92 Å². The van der Waals surface area contributed by atoms with Gasteiger partial charge in [-0.25, -0.2) is 0 Å². The van der Waals surface area contributed by atoms with Gasteiger partial charge in [0.25, 0.3) is 0 Å². The van der Waals surface area contributed by atoms with Crippen molar-refractivity contribution in [3.63, 3.8) is 0 Å². The molecule has 2 aliphatic heterocycles. The fourth-order valence-electron chi connectivity index (χ4n) is 4.50. The van der Waals surface area contributed by atoms with Gasteiger partial charge in [-0.3, -0.25) is 4.90 Å². The molecule has 0 aromatic rings. The first-order valence-electron chi connectivity index (χ1n) is 7.74. The van der Waals surface area contributed by atoms with Crippen LogP contribution < -0.4 is 0 Å². The van der Waals surface area contributed by atoms with Gasteiger partial charge in [0.15, 0.2) is 0 Å². The predicted molar refractivity (Wildman–Crippen MR) is 70.0 cm³/mol. The van der Waals surface area contributed by atoms with Crippen LogP contribution in [0.3, 0.4) is 0 Å². The van der Waals surface area contributed by atoms with Crippen LogP contribution >= 0.6 is 0 Å². The predicted octanol–water partition coefficient (Wildman–Crippen LogP) is 2.95. The fourth-order valence-corrected chi connectivity index (χ4v) is 4.50. The number of piperidine rings is 1. The van der Waals surface area contributed by atoms with E-state index in [1.807, 2.05) is 0 Å². The Labute approximate surface area is 105 Å². The number of aliphatic hydroxyl groups is 1. The van der Waals surface area contributed by atoms with Crippen LogP contribution in [-0.4, -0.2) is 34.7 Å². The molecule has 2 heterocycles. The van der Waals surface area contributed by atoms with Crippen molar-refractivity contribution in [1.82, 2.24) is 4.90 Å². The van der Waals surface area contributed by atoms with Gasteiger partial charge in [0.05, 0.1) is 5.60 Å². The van der Waals surface area contributed by atoms with Crippen LogP contribution in [0.4, 0.5) is 0 Å². The van der Waals surface area contributed by atoms with Crippen molar-refractivity contribution in [2.45, 2.75) is 75.9 Å². The first-order valence-corrected chi connectivity index (χ1v) is 7.74. The Kier molecular flexibility index (Phi) is 3.45. The molecule has 3 rings (SSSR count). The van der Waals surface area contributed by atoms with E-state index in [2.05, 4.69) is 4.90 Å². The molecule has 0 aromatic heterocycles. The molecule has 2 unspecified atom stereocenters. The zero-order chi connectivity index (χ0) is 11.7. The molecule has 1 saturated carbocycles. The third-order valence-corrected chi connectivity index (χ3v) is 5.43. The third kappa shape index (κ3) is 2.39. The van der Waals surface area contributed by atoms with E-state index in [4.69, 9.17) is 0 Å². The van der Waals surface area contributed by atoms with Gasteiger partial charge >= 0.3 is 0 Å². The van der Waals surface area contributed by atoms with Crippen LogP contribution in [0.15, 0.2) is 0 Å². The highest BCUT2D eigenvalue weighted by molar-refractivity contribution is 5.02. The van der Waals surface area contributed by atoms with Gasteiger partial charge in [-0.1, -0.05) is 38.5 Å². The molecule has 0 radical (unpaired) electrons. The normalized spacial score (nSPS) is 40.4. The molecule has 0 spiro atoms. The minimum absolute atomic E-state index is 0.331. The number of nitrogens with zero attached hydrogens (tertiary/aromatic N) is 1. The summed E-state index contributed by atoms with van der Waals surface area (Å²) in [4.78, 5) is 2.56. The van der Waals surface area contributed by atoms with Crippen molar-refractivity contribution in [1.29, 1.82) is 0 Å². The Morgan fingerprint density at radius 1 is 0.941 bits per heavy atom. The molecule has 98 valence electrons. The highest BCUT2D eigenvalue weighted by Crippen LogP contribution is 2.41. The Balaban J connectivity index is 1.63. The van der Waals surface area contributed by atoms with Gasteiger partial charge in [0.2, 0.25) is 0 Å². The number of hydrogen-bond donors (Lipinski definition) is 1. The molecule has 2 heteroatoms. The molecule has 0 bridgehead atoms. The van der Waals surface area contributed by atoms with E-state index < -0.39 is 0 Å². The van der Waals surface area contributed by atoms with Crippen LogP contribution in [0.5, 0.6) is 0 Å². The lowest BCUT2D eigenvalue weighted by molar-refractivity contribution is -0.0314. The standard InChI is InChI=1S/C15H27NO/c17-15(12-13-6-2-1-3-7-13)9-11-16-10-5-4-8-14(15)16/h13-14,17H,1-12H2. The maximum absolute atomic E-state index is 11.0. The maximum Gasteiger partial charge on any atom is 0.0817 e. The fraction of sp³-hybridized carbons (Fsp3) is 1.00. The van der Waals surface area contributed by atoms with E-state index in [0.717, 1.165) is 25.3 Å². The summed E-state index contributed by atoms with van der Waals surface area (Å²) >= 11 is 0. The smallest absolute Gasteiger partial charge is 0.0817 e. The molecular formula is C15H27NO. The minimum Gasteiger partial charge on any atom is -0.388 e.